The van der Waals surface area contributed by atoms with Crippen molar-refractivity contribution in [1.29, 1.82) is 0 Å². The second-order valence-corrected chi connectivity index (χ2v) is 6.65. The minimum absolute atomic E-state index is 0.0339. The molecule has 1 aromatic carbocycles. The number of benzene rings is 1. The molecule has 27 heavy (non-hydrogen) atoms. The summed E-state index contributed by atoms with van der Waals surface area (Å²) < 4.78 is 41.5. The van der Waals surface area contributed by atoms with Crippen LogP contribution < -0.4 is 5.69 Å². The van der Waals surface area contributed by atoms with Gasteiger partial charge >= 0.3 is 11.9 Å². The average molecular weight is 382 g/mol. The second kappa shape index (κ2) is 7.21. The normalized spacial score (nSPS) is 16.0. The van der Waals surface area contributed by atoms with E-state index in [1.54, 1.807) is 16.5 Å². The van der Waals surface area contributed by atoms with Crippen LogP contribution >= 0.6 is 0 Å². The first-order valence-corrected chi connectivity index (χ1v) is 8.82. The summed E-state index contributed by atoms with van der Waals surface area (Å²) in [7, 11) is 1.60. The van der Waals surface area contributed by atoms with Gasteiger partial charge in [-0.1, -0.05) is 6.07 Å². The molecule has 146 valence electrons. The van der Waals surface area contributed by atoms with Crippen LogP contribution in [-0.2, 0) is 19.8 Å². The van der Waals surface area contributed by atoms with Crippen molar-refractivity contribution < 1.29 is 18.0 Å². The zero-order valence-electron chi connectivity index (χ0n) is 15.2. The molecular formula is C18H21F3N4O2. The molecule has 1 saturated heterocycles. The van der Waals surface area contributed by atoms with Crippen molar-refractivity contribution in [2.24, 2.45) is 7.05 Å². The highest BCUT2D eigenvalue weighted by atomic mass is 19.4. The van der Waals surface area contributed by atoms with Crippen molar-refractivity contribution in [3.05, 3.63) is 51.7 Å². The van der Waals surface area contributed by atoms with Crippen LogP contribution in [0.1, 0.15) is 47.4 Å². The number of amides is 1. The summed E-state index contributed by atoms with van der Waals surface area (Å²) in [5, 5.41) is 4.31. The van der Waals surface area contributed by atoms with E-state index in [2.05, 4.69) is 5.10 Å². The summed E-state index contributed by atoms with van der Waals surface area (Å²) in [5.74, 6) is 0.342. The maximum atomic E-state index is 12.9. The summed E-state index contributed by atoms with van der Waals surface area (Å²) in [4.78, 5) is 26.2. The molecule has 0 spiro atoms. The topological polar surface area (TPSA) is 60.1 Å². The molecule has 0 radical (unpaired) electrons. The summed E-state index contributed by atoms with van der Waals surface area (Å²) in [6, 6.07) is 4.49. The molecule has 2 heterocycles. The van der Waals surface area contributed by atoms with Gasteiger partial charge < -0.3 is 4.90 Å². The first-order chi connectivity index (χ1) is 12.7. The van der Waals surface area contributed by atoms with Gasteiger partial charge in [0.05, 0.1) is 5.56 Å². The molecule has 0 atom stereocenters. The van der Waals surface area contributed by atoms with Crippen molar-refractivity contribution >= 4 is 5.91 Å². The fourth-order valence-electron chi connectivity index (χ4n) is 3.47. The van der Waals surface area contributed by atoms with Crippen LogP contribution in [0.5, 0.6) is 0 Å². The molecule has 1 amide bonds. The number of alkyl halides is 3. The highest BCUT2D eigenvalue weighted by Crippen LogP contribution is 2.31. The van der Waals surface area contributed by atoms with E-state index in [4.69, 9.17) is 0 Å². The standard InChI is InChI=1S/C18H21F3N4O2/c1-3-25-15(22-23(2)17(25)27)12-7-9-24(10-8-12)16(26)13-5-4-6-14(11-13)18(19,20)21/h4-6,11-12H,3,7-10H2,1-2H3. The molecule has 1 aliphatic heterocycles. The number of hydrogen-bond donors (Lipinski definition) is 0. The Morgan fingerprint density at radius 1 is 1.26 bits per heavy atom. The van der Waals surface area contributed by atoms with E-state index < -0.39 is 17.6 Å². The van der Waals surface area contributed by atoms with Crippen LogP contribution in [0, 0.1) is 0 Å². The second-order valence-electron chi connectivity index (χ2n) is 6.65. The largest absolute Gasteiger partial charge is 0.416 e. The van der Waals surface area contributed by atoms with Gasteiger partial charge in [0.25, 0.3) is 5.91 Å². The number of halogens is 3. The predicted octanol–water partition coefficient (Wildman–Crippen LogP) is 2.64. The molecular weight excluding hydrogens is 361 g/mol. The third kappa shape index (κ3) is 3.77. The number of aryl methyl sites for hydroxylation is 1. The van der Waals surface area contributed by atoms with Gasteiger partial charge in [0.2, 0.25) is 0 Å². The molecule has 3 rings (SSSR count). The molecule has 0 N–H and O–H groups in total. The number of piperidine rings is 1. The number of nitrogens with zero attached hydrogens (tertiary/aromatic N) is 4. The van der Waals surface area contributed by atoms with Gasteiger partial charge in [0.15, 0.2) is 0 Å². The highest BCUT2D eigenvalue weighted by molar-refractivity contribution is 5.94. The van der Waals surface area contributed by atoms with Crippen LogP contribution in [-0.4, -0.2) is 38.2 Å². The van der Waals surface area contributed by atoms with Gasteiger partial charge in [-0.25, -0.2) is 9.48 Å². The average Bonchev–Trinajstić information content (AvgIpc) is 2.95. The third-order valence-corrected chi connectivity index (χ3v) is 4.94. The van der Waals surface area contributed by atoms with Crippen molar-refractivity contribution in [1.82, 2.24) is 19.2 Å². The zero-order valence-corrected chi connectivity index (χ0v) is 15.2. The van der Waals surface area contributed by atoms with Crippen LogP contribution in [0.4, 0.5) is 13.2 Å². The lowest BCUT2D eigenvalue weighted by Crippen LogP contribution is -2.38. The van der Waals surface area contributed by atoms with E-state index in [0.717, 1.165) is 12.1 Å². The van der Waals surface area contributed by atoms with E-state index in [9.17, 15) is 22.8 Å². The zero-order chi connectivity index (χ0) is 19.8. The summed E-state index contributed by atoms with van der Waals surface area (Å²) in [5.41, 5.74) is -0.967. The molecule has 2 aromatic rings. The quantitative estimate of drug-likeness (QED) is 0.820. The Morgan fingerprint density at radius 2 is 1.93 bits per heavy atom. The number of carbonyl (C=O) groups is 1. The van der Waals surface area contributed by atoms with Gasteiger partial charge in [0.1, 0.15) is 5.82 Å². The van der Waals surface area contributed by atoms with E-state index in [1.165, 1.54) is 16.8 Å². The lowest BCUT2D eigenvalue weighted by atomic mass is 9.95. The maximum absolute atomic E-state index is 12.9. The number of rotatable bonds is 3. The first kappa shape index (κ1) is 19.2. The van der Waals surface area contributed by atoms with Crippen molar-refractivity contribution in [2.75, 3.05) is 13.1 Å². The number of likely N-dealkylation sites (tertiary alicyclic amines) is 1. The Kier molecular flexibility index (Phi) is 5.12. The Balaban J connectivity index is 1.72. The molecule has 0 bridgehead atoms. The molecule has 1 aromatic heterocycles. The minimum atomic E-state index is -4.48. The van der Waals surface area contributed by atoms with Gasteiger partial charge in [-0.15, -0.1) is 0 Å². The number of aromatic nitrogens is 3. The first-order valence-electron chi connectivity index (χ1n) is 8.82. The van der Waals surface area contributed by atoms with Gasteiger partial charge in [0, 0.05) is 38.2 Å². The molecule has 1 aliphatic rings. The molecule has 0 aliphatic carbocycles. The number of hydrogen-bond acceptors (Lipinski definition) is 3. The van der Waals surface area contributed by atoms with E-state index in [-0.39, 0.29) is 17.2 Å². The fraction of sp³-hybridized carbons (Fsp3) is 0.500. The van der Waals surface area contributed by atoms with Crippen LogP contribution in [0.2, 0.25) is 0 Å². The Hall–Kier alpha value is -2.58. The van der Waals surface area contributed by atoms with Crippen molar-refractivity contribution in [2.45, 2.75) is 38.4 Å². The molecule has 1 fully saturated rings. The van der Waals surface area contributed by atoms with E-state index >= 15 is 0 Å². The van der Waals surface area contributed by atoms with Gasteiger partial charge in [-0.05, 0) is 38.0 Å². The summed E-state index contributed by atoms with van der Waals surface area (Å²) in [6.45, 7) is 3.21. The van der Waals surface area contributed by atoms with Crippen LogP contribution in [0.3, 0.4) is 0 Å². The SMILES string of the molecule is CCn1c(C2CCN(C(=O)c3cccc(C(F)(F)F)c3)CC2)nn(C)c1=O. The van der Waals surface area contributed by atoms with Gasteiger partial charge in [-0.3, -0.25) is 9.36 Å². The van der Waals surface area contributed by atoms with Crippen LogP contribution in [0.15, 0.2) is 29.1 Å². The van der Waals surface area contributed by atoms with Crippen LogP contribution in [0.25, 0.3) is 0 Å². The molecule has 0 saturated carbocycles. The monoisotopic (exact) mass is 382 g/mol. The Bertz CT molecular complexity index is 893. The molecule has 9 heteroatoms. The number of carbonyl (C=O) groups excluding carboxylic acids is 1. The van der Waals surface area contributed by atoms with Crippen molar-refractivity contribution in [3.8, 4) is 0 Å². The molecule has 6 nitrogen and oxygen atoms in total. The Morgan fingerprint density at radius 3 is 2.52 bits per heavy atom. The smallest absolute Gasteiger partial charge is 0.339 e. The van der Waals surface area contributed by atoms with E-state index in [1.807, 2.05) is 6.92 Å². The maximum Gasteiger partial charge on any atom is 0.416 e. The summed E-state index contributed by atoms with van der Waals surface area (Å²) >= 11 is 0. The van der Waals surface area contributed by atoms with E-state index in [0.29, 0.717) is 38.3 Å². The lowest BCUT2D eigenvalue weighted by Gasteiger charge is -2.31. The minimum Gasteiger partial charge on any atom is -0.339 e. The van der Waals surface area contributed by atoms with Crippen molar-refractivity contribution in [3.63, 3.8) is 0 Å². The predicted molar refractivity (Wildman–Crippen MR) is 92.5 cm³/mol. The Labute approximate surface area is 154 Å². The van der Waals surface area contributed by atoms with Gasteiger partial charge in [-0.2, -0.15) is 18.3 Å². The third-order valence-electron chi connectivity index (χ3n) is 4.94. The highest BCUT2D eigenvalue weighted by Gasteiger charge is 2.32. The fourth-order valence-corrected chi connectivity index (χ4v) is 3.47. The lowest BCUT2D eigenvalue weighted by molar-refractivity contribution is -0.137. The molecule has 0 unspecified atom stereocenters. The summed E-state index contributed by atoms with van der Waals surface area (Å²) in [6.07, 6.45) is -3.26.